The summed E-state index contributed by atoms with van der Waals surface area (Å²) in [5, 5.41) is 3.12. The molecule has 4 rings (SSSR count). The Morgan fingerprint density at radius 3 is 3.00 bits per heavy atom. The van der Waals surface area contributed by atoms with Crippen molar-refractivity contribution in [2.45, 2.75) is 26.3 Å². The number of aryl methyl sites for hydroxylation is 2. The van der Waals surface area contributed by atoms with Crippen molar-refractivity contribution in [1.29, 1.82) is 0 Å². The van der Waals surface area contributed by atoms with Crippen LogP contribution < -0.4 is 10.2 Å². The van der Waals surface area contributed by atoms with Crippen molar-refractivity contribution in [1.82, 2.24) is 14.9 Å². The first-order chi connectivity index (χ1) is 13.2. The summed E-state index contributed by atoms with van der Waals surface area (Å²) >= 11 is 0. The van der Waals surface area contributed by atoms with Gasteiger partial charge in [-0.2, -0.15) is 0 Å². The minimum atomic E-state index is 0.113. The SMILES string of the molecule is Cc1cccc(N2CC[C@@H](CNC(=O)CCn3cnc4ccccc43)C2)c1. The number of carbonyl (C=O) groups excluding carboxylic acids is 1. The third-order valence-corrected chi connectivity index (χ3v) is 5.35. The van der Waals surface area contributed by atoms with Crippen LogP contribution in [-0.4, -0.2) is 35.1 Å². The van der Waals surface area contributed by atoms with E-state index in [0.29, 0.717) is 18.9 Å². The van der Waals surface area contributed by atoms with E-state index < -0.39 is 0 Å². The van der Waals surface area contributed by atoms with Crippen molar-refractivity contribution in [3.05, 3.63) is 60.4 Å². The standard InChI is InChI=1S/C22H26N4O/c1-17-5-4-6-19(13-17)25-11-9-18(15-25)14-23-22(27)10-12-26-16-24-20-7-2-3-8-21(20)26/h2-8,13,16,18H,9-12,14-15H2,1H3,(H,23,27)/t18-/m0/s1. The molecular weight excluding hydrogens is 336 g/mol. The van der Waals surface area contributed by atoms with E-state index in [0.717, 1.165) is 37.1 Å². The Bertz CT molecular complexity index is 933. The average molecular weight is 362 g/mol. The molecule has 1 N–H and O–H groups in total. The highest BCUT2D eigenvalue weighted by atomic mass is 16.1. The van der Waals surface area contributed by atoms with Crippen molar-refractivity contribution >= 4 is 22.6 Å². The van der Waals surface area contributed by atoms with Gasteiger partial charge in [0.1, 0.15) is 0 Å². The van der Waals surface area contributed by atoms with Gasteiger partial charge in [-0.05, 0) is 49.1 Å². The van der Waals surface area contributed by atoms with Crippen LogP contribution in [0.1, 0.15) is 18.4 Å². The molecule has 1 fully saturated rings. The van der Waals surface area contributed by atoms with E-state index in [1.807, 2.05) is 35.2 Å². The zero-order valence-corrected chi connectivity index (χ0v) is 15.8. The molecule has 2 aromatic carbocycles. The summed E-state index contributed by atoms with van der Waals surface area (Å²) in [6.45, 7) is 5.61. The van der Waals surface area contributed by atoms with Crippen molar-refractivity contribution in [2.24, 2.45) is 5.92 Å². The van der Waals surface area contributed by atoms with Crippen molar-refractivity contribution < 1.29 is 4.79 Å². The minimum Gasteiger partial charge on any atom is -0.371 e. The van der Waals surface area contributed by atoms with Gasteiger partial charge in [0, 0.05) is 38.3 Å². The number of hydrogen-bond acceptors (Lipinski definition) is 3. The molecule has 0 saturated carbocycles. The number of rotatable bonds is 6. The second-order valence-electron chi connectivity index (χ2n) is 7.42. The van der Waals surface area contributed by atoms with Crippen LogP contribution in [0, 0.1) is 12.8 Å². The van der Waals surface area contributed by atoms with E-state index in [1.54, 1.807) is 0 Å². The summed E-state index contributed by atoms with van der Waals surface area (Å²) in [6.07, 6.45) is 3.42. The average Bonchev–Trinajstić information content (AvgIpc) is 3.32. The van der Waals surface area contributed by atoms with Gasteiger partial charge >= 0.3 is 0 Å². The fourth-order valence-corrected chi connectivity index (χ4v) is 3.82. The van der Waals surface area contributed by atoms with Gasteiger partial charge in [-0.3, -0.25) is 4.79 Å². The van der Waals surface area contributed by atoms with Crippen LogP contribution in [0.4, 0.5) is 5.69 Å². The number of anilines is 1. The molecule has 5 nitrogen and oxygen atoms in total. The van der Waals surface area contributed by atoms with Gasteiger partial charge in [-0.25, -0.2) is 4.98 Å². The molecule has 2 heterocycles. The van der Waals surface area contributed by atoms with Gasteiger partial charge < -0.3 is 14.8 Å². The summed E-state index contributed by atoms with van der Waals surface area (Å²) in [5.41, 5.74) is 4.63. The second-order valence-corrected chi connectivity index (χ2v) is 7.42. The monoisotopic (exact) mass is 362 g/mol. The predicted octanol–water partition coefficient (Wildman–Crippen LogP) is 3.38. The summed E-state index contributed by atoms with van der Waals surface area (Å²) in [7, 11) is 0. The molecule has 1 atom stereocenters. The Kier molecular flexibility index (Phi) is 5.10. The third-order valence-electron chi connectivity index (χ3n) is 5.35. The number of fused-ring (bicyclic) bond motifs is 1. The largest absolute Gasteiger partial charge is 0.371 e. The van der Waals surface area contributed by atoms with E-state index in [1.165, 1.54) is 11.3 Å². The molecule has 5 heteroatoms. The maximum absolute atomic E-state index is 12.3. The lowest BCUT2D eigenvalue weighted by atomic mass is 10.1. The molecule has 1 saturated heterocycles. The molecule has 1 aliphatic rings. The molecule has 0 spiro atoms. The summed E-state index contributed by atoms with van der Waals surface area (Å²) in [4.78, 5) is 19.1. The van der Waals surface area contributed by atoms with Gasteiger partial charge in [-0.15, -0.1) is 0 Å². The van der Waals surface area contributed by atoms with Crippen LogP contribution in [0.25, 0.3) is 11.0 Å². The molecule has 1 aliphatic heterocycles. The molecule has 140 valence electrons. The Morgan fingerprint density at radius 2 is 2.11 bits per heavy atom. The third kappa shape index (κ3) is 4.13. The van der Waals surface area contributed by atoms with Crippen LogP contribution in [0.5, 0.6) is 0 Å². The van der Waals surface area contributed by atoms with Crippen molar-refractivity contribution in [3.63, 3.8) is 0 Å². The van der Waals surface area contributed by atoms with Gasteiger partial charge in [0.2, 0.25) is 5.91 Å². The highest BCUT2D eigenvalue weighted by Gasteiger charge is 2.23. The molecule has 1 amide bonds. The summed E-state index contributed by atoms with van der Waals surface area (Å²) in [5.74, 6) is 0.630. The molecule has 3 aromatic rings. The number of aromatic nitrogens is 2. The lowest BCUT2D eigenvalue weighted by Crippen LogP contribution is -2.31. The smallest absolute Gasteiger partial charge is 0.221 e. The zero-order chi connectivity index (χ0) is 18.6. The summed E-state index contributed by atoms with van der Waals surface area (Å²) < 4.78 is 2.05. The van der Waals surface area contributed by atoms with Crippen LogP contribution in [0.2, 0.25) is 0 Å². The summed E-state index contributed by atoms with van der Waals surface area (Å²) in [6, 6.07) is 16.7. The maximum atomic E-state index is 12.3. The fraction of sp³-hybridized carbons (Fsp3) is 0.364. The van der Waals surface area contributed by atoms with Gasteiger partial charge in [0.05, 0.1) is 17.4 Å². The molecule has 0 aliphatic carbocycles. The second kappa shape index (κ2) is 7.82. The number of nitrogens with zero attached hydrogens (tertiary/aromatic N) is 3. The molecule has 1 aromatic heterocycles. The molecule has 0 bridgehead atoms. The topological polar surface area (TPSA) is 50.2 Å². The highest BCUT2D eigenvalue weighted by Crippen LogP contribution is 2.24. The highest BCUT2D eigenvalue weighted by molar-refractivity contribution is 5.77. The lowest BCUT2D eigenvalue weighted by molar-refractivity contribution is -0.121. The Balaban J connectivity index is 1.24. The zero-order valence-electron chi connectivity index (χ0n) is 15.8. The Morgan fingerprint density at radius 1 is 1.22 bits per heavy atom. The van der Waals surface area contributed by atoms with Crippen LogP contribution in [0.3, 0.4) is 0 Å². The minimum absolute atomic E-state index is 0.113. The van der Waals surface area contributed by atoms with E-state index in [4.69, 9.17) is 0 Å². The Hall–Kier alpha value is -2.82. The van der Waals surface area contributed by atoms with Crippen LogP contribution in [0.15, 0.2) is 54.9 Å². The fourth-order valence-electron chi connectivity index (χ4n) is 3.82. The first kappa shape index (κ1) is 17.6. The number of carbonyl (C=O) groups is 1. The first-order valence-electron chi connectivity index (χ1n) is 9.67. The van der Waals surface area contributed by atoms with Crippen LogP contribution >= 0.6 is 0 Å². The van der Waals surface area contributed by atoms with E-state index in [2.05, 4.69) is 46.4 Å². The van der Waals surface area contributed by atoms with Gasteiger partial charge in [0.25, 0.3) is 0 Å². The quantitative estimate of drug-likeness (QED) is 0.731. The number of para-hydroxylation sites is 2. The van der Waals surface area contributed by atoms with E-state index in [-0.39, 0.29) is 5.91 Å². The molecule has 0 unspecified atom stereocenters. The predicted molar refractivity (Wildman–Crippen MR) is 109 cm³/mol. The van der Waals surface area contributed by atoms with Crippen molar-refractivity contribution in [3.8, 4) is 0 Å². The van der Waals surface area contributed by atoms with Crippen molar-refractivity contribution in [2.75, 3.05) is 24.5 Å². The lowest BCUT2D eigenvalue weighted by Gasteiger charge is -2.19. The number of benzene rings is 2. The Labute approximate surface area is 160 Å². The van der Waals surface area contributed by atoms with Crippen LogP contribution in [-0.2, 0) is 11.3 Å². The molecule has 27 heavy (non-hydrogen) atoms. The first-order valence-corrected chi connectivity index (χ1v) is 9.67. The van der Waals surface area contributed by atoms with E-state index >= 15 is 0 Å². The number of nitrogens with one attached hydrogen (secondary N) is 1. The van der Waals surface area contributed by atoms with E-state index in [9.17, 15) is 4.79 Å². The normalized spacial score (nSPS) is 16.8. The van der Waals surface area contributed by atoms with Gasteiger partial charge in [-0.1, -0.05) is 24.3 Å². The van der Waals surface area contributed by atoms with Gasteiger partial charge in [0.15, 0.2) is 0 Å². The number of amides is 1. The molecular formula is C22H26N4O. The molecule has 0 radical (unpaired) electrons. The maximum Gasteiger partial charge on any atom is 0.221 e. The number of imidazole rings is 1. The number of hydrogen-bond donors (Lipinski definition) is 1.